The maximum Gasteiger partial charge on any atom is 0.155 e. The van der Waals surface area contributed by atoms with Crippen molar-refractivity contribution >= 4 is 0 Å². The highest BCUT2D eigenvalue weighted by Gasteiger charge is 2.27. The summed E-state index contributed by atoms with van der Waals surface area (Å²) in [6.45, 7) is 0. The molecule has 0 aliphatic carbocycles. The Hall–Kier alpha value is -2.89. The molecule has 1 N–H and O–H groups in total. The largest absolute Gasteiger partial charge is 0.373 e. The third-order valence-electron chi connectivity index (χ3n) is 3.62. The fourth-order valence-electron chi connectivity index (χ4n) is 2.43. The highest BCUT2D eigenvalue weighted by Crippen LogP contribution is 2.25. The number of benzene rings is 2. The monoisotopic (exact) mass is 299 g/mol. The van der Waals surface area contributed by atoms with Crippen molar-refractivity contribution in [1.29, 1.82) is 0 Å². The minimum Gasteiger partial charge on any atom is -0.373 e. The Labute approximate surface area is 136 Å². The number of pyridine rings is 1. The quantitative estimate of drug-likeness (QED) is 0.750. The van der Waals surface area contributed by atoms with Crippen molar-refractivity contribution in [2.24, 2.45) is 0 Å². The van der Waals surface area contributed by atoms with Crippen molar-refractivity contribution in [2.75, 3.05) is 0 Å². The van der Waals surface area contributed by atoms with Crippen LogP contribution in [0.3, 0.4) is 0 Å². The smallest absolute Gasteiger partial charge is 0.155 e. The van der Waals surface area contributed by atoms with Crippen LogP contribution in [0, 0.1) is 11.8 Å². The molecule has 23 heavy (non-hydrogen) atoms. The van der Waals surface area contributed by atoms with Crippen LogP contribution in [0.5, 0.6) is 0 Å². The van der Waals surface area contributed by atoms with E-state index in [4.69, 9.17) is 0 Å². The summed E-state index contributed by atoms with van der Waals surface area (Å²) in [4.78, 5) is 4.20. The van der Waals surface area contributed by atoms with Gasteiger partial charge in [-0.2, -0.15) is 0 Å². The summed E-state index contributed by atoms with van der Waals surface area (Å²) in [5.41, 5.74) is 1.22. The lowest BCUT2D eigenvalue weighted by atomic mass is 9.87. The van der Waals surface area contributed by atoms with Gasteiger partial charge < -0.3 is 5.11 Å². The highest BCUT2D eigenvalue weighted by molar-refractivity contribution is 5.39. The second kappa shape index (κ2) is 6.91. The van der Waals surface area contributed by atoms with Crippen molar-refractivity contribution in [3.8, 4) is 11.8 Å². The lowest BCUT2D eigenvalue weighted by Gasteiger charge is -2.23. The summed E-state index contributed by atoms with van der Waals surface area (Å²) in [7, 11) is 0. The lowest BCUT2D eigenvalue weighted by molar-refractivity contribution is 0.101. The molecule has 1 aromatic heterocycles. The van der Waals surface area contributed by atoms with E-state index in [-0.39, 0.29) is 0 Å². The lowest BCUT2D eigenvalue weighted by Crippen LogP contribution is -2.26. The van der Waals surface area contributed by atoms with Crippen LogP contribution in [0.25, 0.3) is 0 Å². The van der Waals surface area contributed by atoms with Gasteiger partial charge in [0.15, 0.2) is 5.60 Å². The number of aliphatic hydroxyl groups is 1. The first-order valence-corrected chi connectivity index (χ1v) is 7.52. The van der Waals surface area contributed by atoms with Gasteiger partial charge in [-0.25, -0.2) is 4.98 Å². The molecule has 112 valence electrons. The average molecular weight is 299 g/mol. The zero-order valence-electron chi connectivity index (χ0n) is 12.7. The standard InChI is InChI=1S/C21H17NO/c23-21(19-11-5-2-6-12-19,17-18-9-3-1-4-10-18)15-14-20-13-7-8-16-22-20/h1-13,16,23H,17H2. The highest BCUT2D eigenvalue weighted by atomic mass is 16.3. The summed E-state index contributed by atoms with van der Waals surface area (Å²) in [5, 5.41) is 11.2. The Morgan fingerprint density at radius 1 is 0.826 bits per heavy atom. The number of hydrogen-bond donors (Lipinski definition) is 1. The van der Waals surface area contributed by atoms with Crippen molar-refractivity contribution < 1.29 is 5.11 Å². The Bertz CT molecular complexity index is 804. The molecule has 0 spiro atoms. The molecular formula is C21H17NO. The molecule has 0 amide bonds. The van der Waals surface area contributed by atoms with Gasteiger partial charge >= 0.3 is 0 Å². The van der Waals surface area contributed by atoms with Gasteiger partial charge in [0.05, 0.1) is 0 Å². The van der Waals surface area contributed by atoms with Gasteiger partial charge in [0.2, 0.25) is 0 Å². The number of aromatic nitrogens is 1. The molecule has 3 rings (SSSR count). The first kappa shape index (κ1) is 15.0. The number of rotatable bonds is 3. The molecule has 0 saturated carbocycles. The topological polar surface area (TPSA) is 33.1 Å². The Morgan fingerprint density at radius 2 is 1.48 bits per heavy atom. The normalized spacial score (nSPS) is 12.7. The summed E-state index contributed by atoms with van der Waals surface area (Å²) in [5.74, 6) is 6.01. The van der Waals surface area contributed by atoms with Gasteiger partial charge in [-0.1, -0.05) is 72.7 Å². The predicted molar refractivity (Wildman–Crippen MR) is 91.6 cm³/mol. The van der Waals surface area contributed by atoms with Crippen molar-refractivity contribution in [3.63, 3.8) is 0 Å². The van der Waals surface area contributed by atoms with Crippen LogP contribution >= 0.6 is 0 Å². The summed E-state index contributed by atoms with van der Waals surface area (Å²) < 4.78 is 0. The van der Waals surface area contributed by atoms with Crippen LogP contribution in [0.1, 0.15) is 16.8 Å². The number of hydrogen-bond acceptors (Lipinski definition) is 2. The summed E-state index contributed by atoms with van der Waals surface area (Å²) >= 11 is 0. The second-order valence-corrected chi connectivity index (χ2v) is 5.35. The molecule has 1 heterocycles. The molecule has 0 radical (unpaired) electrons. The first-order chi connectivity index (χ1) is 11.3. The van der Waals surface area contributed by atoms with E-state index in [1.165, 1.54) is 0 Å². The number of nitrogens with zero attached hydrogens (tertiary/aromatic N) is 1. The van der Waals surface area contributed by atoms with E-state index >= 15 is 0 Å². The third-order valence-corrected chi connectivity index (χ3v) is 3.62. The van der Waals surface area contributed by atoms with Gasteiger partial charge in [0.25, 0.3) is 0 Å². The fourth-order valence-corrected chi connectivity index (χ4v) is 2.43. The van der Waals surface area contributed by atoms with Gasteiger partial charge in [-0.15, -0.1) is 0 Å². The molecule has 1 atom stereocenters. The van der Waals surface area contributed by atoms with Crippen LogP contribution in [0.15, 0.2) is 85.1 Å². The SMILES string of the molecule is OC(C#Cc1ccccn1)(Cc1ccccc1)c1ccccc1. The first-order valence-electron chi connectivity index (χ1n) is 7.52. The maximum atomic E-state index is 11.2. The van der Waals surface area contributed by atoms with E-state index in [2.05, 4.69) is 16.8 Å². The van der Waals surface area contributed by atoms with Crippen LogP contribution in [-0.2, 0) is 12.0 Å². The van der Waals surface area contributed by atoms with Gasteiger partial charge in [-0.3, -0.25) is 0 Å². The minimum atomic E-state index is -1.25. The molecule has 2 nitrogen and oxygen atoms in total. The predicted octanol–water partition coefficient (Wildman–Crippen LogP) is 3.56. The van der Waals surface area contributed by atoms with Crippen LogP contribution in [0.4, 0.5) is 0 Å². The third kappa shape index (κ3) is 3.85. The van der Waals surface area contributed by atoms with Crippen LogP contribution in [0.2, 0.25) is 0 Å². The van der Waals surface area contributed by atoms with Crippen molar-refractivity contribution in [3.05, 3.63) is 102 Å². The van der Waals surface area contributed by atoms with Crippen LogP contribution < -0.4 is 0 Å². The van der Waals surface area contributed by atoms with E-state index < -0.39 is 5.60 Å². The average Bonchev–Trinajstić information content (AvgIpc) is 2.63. The second-order valence-electron chi connectivity index (χ2n) is 5.35. The molecule has 2 heteroatoms. The van der Waals surface area contributed by atoms with E-state index in [1.807, 2.05) is 78.9 Å². The van der Waals surface area contributed by atoms with Gasteiger partial charge in [0, 0.05) is 12.6 Å². The zero-order chi connectivity index (χ0) is 16.0. The van der Waals surface area contributed by atoms with Gasteiger partial charge in [0.1, 0.15) is 5.69 Å². The summed E-state index contributed by atoms with van der Waals surface area (Å²) in [6.07, 6.45) is 2.13. The van der Waals surface area contributed by atoms with Crippen LogP contribution in [-0.4, -0.2) is 10.1 Å². The van der Waals surface area contributed by atoms with Gasteiger partial charge in [-0.05, 0) is 29.2 Å². The molecular weight excluding hydrogens is 282 g/mol. The minimum absolute atomic E-state index is 0.428. The fraction of sp³-hybridized carbons (Fsp3) is 0.0952. The molecule has 3 aromatic rings. The molecule has 2 aromatic carbocycles. The zero-order valence-corrected chi connectivity index (χ0v) is 12.7. The maximum absolute atomic E-state index is 11.2. The van der Waals surface area contributed by atoms with E-state index in [1.54, 1.807) is 6.20 Å². The Kier molecular flexibility index (Phi) is 4.52. The van der Waals surface area contributed by atoms with E-state index in [9.17, 15) is 5.11 Å². The molecule has 0 saturated heterocycles. The molecule has 0 fully saturated rings. The molecule has 0 aliphatic heterocycles. The molecule has 0 aliphatic rings. The van der Waals surface area contributed by atoms with Crippen molar-refractivity contribution in [1.82, 2.24) is 4.98 Å². The Balaban J connectivity index is 1.99. The van der Waals surface area contributed by atoms with E-state index in [0.717, 1.165) is 11.1 Å². The molecule has 1 unspecified atom stereocenters. The summed E-state index contributed by atoms with van der Waals surface area (Å²) in [6, 6.07) is 25.0. The van der Waals surface area contributed by atoms with Crippen molar-refractivity contribution in [2.45, 2.75) is 12.0 Å². The Morgan fingerprint density at radius 3 is 2.13 bits per heavy atom. The molecule has 0 bridgehead atoms. The van der Waals surface area contributed by atoms with E-state index in [0.29, 0.717) is 12.1 Å².